The van der Waals surface area contributed by atoms with E-state index in [1.54, 1.807) is 0 Å². The van der Waals surface area contributed by atoms with Crippen molar-refractivity contribution in [1.29, 1.82) is 0 Å². The van der Waals surface area contributed by atoms with Crippen molar-refractivity contribution in [2.45, 2.75) is 17.9 Å². The van der Waals surface area contributed by atoms with Crippen molar-refractivity contribution in [3.05, 3.63) is 29.6 Å². The second-order valence-corrected chi connectivity index (χ2v) is 9.04. The normalized spacial score (nSPS) is 21.5. The molecule has 0 bridgehead atoms. The minimum atomic E-state index is -3.92. The molecule has 1 unspecified atom stereocenters. The first-order valence-corrected chi connectivity index (χ1v) is 9.72. The Labute approximate surface area is 123 Å². The Morgan fingerprint density at radius 1 is 1.38 bits per heavy atom. The van der Waals surface area contributed by atoms with Gasteiger partial charge in [-0.3, -0.25) is 0 Å². The van der Waals surface area contributed by atoms with Crippen molar-refractivity contribution < 1.29 is 21.2 Å². The summed E-state index contributed by atoms with van der Waals surface area (Å²) in [6.07, 6.45) is 0.428. The summed E-state index contributed by atoms with van der Waals surface area (Å²) in [5.74, 6) is -0.869. The van der Waals surface area contributed by atoms with Crippen LogP contribution in [0.5, 0.6) is 0 Å². The Bertz CT molecular complexity index is 732. The van der Waals surface area contributed by atoms with Crippen molar-refractivity contribution in [2.75, 3.05) is 18.1 Å². The first-order chi connectivity index (χ1) is 9.73. The zero-order valence-electron chi connectivity index (χ0n) is 11.2. The molecule has 0 saturated carbocycles. The largest absolute Gasteiger partial charge is 0.326 e. The Balaban J connectivity index is 2.14. The van der Waals surface area contributed by atoms with Crippen LogP contribution < -0.4 is 10.5 Å². The summed E-state index contributed by atoms with van der Waals surface area (Å²) in [6, 6.07) is 3.38. The van der Waals surface area contributed by atoms with E-state index in [-0.39, 0.29) is 35.4 Å². The molecule has 1 aliphatic heterocycles. The van der Waals surface area contributed by atoms with Crippen molar-refractivity contribution in [1.82, 2.24) is 4.72 Å². The van der Waals surface area contributed by atoms with Gasteiger partial charge in [-0.05, 0) is 30.0 Å². The van der Waals surface area contributed by atoms with Crippen LogP contribution in [0, 0.1) is 11.7 Å². The smallest absolute Gasteiger partial charge is 0.241 e. The highest BCUT2D eigenvalue weighted by atomic mass is 32.2. The van der Waals surface area contributed by atoms with E-state index >= 15 is 0 Å². The molecule has 1 heterocycles. The lowest BCUT2D eigenvalue weighted by atomic mass is 10.1. The molecule has 1 saturated heterocycles. The van der Waals surface area contributed by atoms with E-state index in [9.17, 15) is 21.2 Å². The van der Waals surface area contributed by atoms with Gasteiger partial charge < -0.3 is 5.73 Å². The predicted molar refractivity (Wildman–Crippen MR) is 76.2 cm³/mol. The number of halogens is 1. The minimum absolute atomic E-state index is 0.0160. The standard InChI is InChI=1S/C12H17FN2O4S2/c13-11-2-1-10(6-14)12(5-11)21(18,19)15-7-9-3-4-20(16,17)8-9/h1-2,5,9,15H,3-4,6-8,14H2. The van der Waals surface area contributed by atoms with E-state index < -0.39 is 25.7 Å². The summed E-state index contributed by atoms with van der Waals surface area (Å²) in [4.78, 5) is -0.203. The first kappa shape index (κ1) is 16.3. The topological polar surface area (TPSA) is 106 Å². The zero-order chi connectivity index (χ0) is 15.7. The molecule has 2 rings (SSSR count). The molecule has 6 nitrogen and oxygen atoms in total. The molecule has 0 radical (unpaired) electrons. The van der Waals surface area contributed by atoms with E-state index in [0.717, 1.165) is 12.1 Å². The van der Waals surface area contributed by atoms with Crippen LogP contribution in [0.25, 0.3) is 0 Å². The lowest BCUT2D eigenvalue weighted by Gasteiger charge is -2.13. The van der Waals surface area contributed by atoms with Crippen LogP contribution in [-0.4, -0.2) is 34.9 Å². The van der Waals surface area contributed by atoms with E-state index in [0.29, 0.717) is 12.0 Å². The highest BCUT2D eigenvalue weighted by Crippen LogP contribution is 2.20. The maximum absolute atomic E-state index is 13.2. The van der Waals surface area contributed by atoms with Crippen molar-refractivity contribution >= 4 is 19.9 Å². The SMILES string of the molecule is NCc1ccc(F)cc1S(=O)(=O)NCC1CCS(=O)(=O)C1. The van der Waals surface area contributed by atoms with Gasteiger partial charge in [-0.25, -0.2) is 25.9 Å². The summed E-state index contributed by atoms with van der Waals surface area (Å²) in [7, 11) is -6.98. The number of sulfone groups is 1. The van der Waals surface area contributed by atoms with Crippen LogP contribution >= 0.6 is 0 Å². The van der Waals surface area contributed by atoms with Gasteiger partial charge in [0.05, 0.1) is 16.4 Å². The average Bonchev–Trinajstić information content (AvgIpc) is 2.76. The van der Waals surface area contributed by atoms with Crippen LogP contribution in [0.3, 0.4) is 0 Å². The van der Waals surface area contributed by atoms with Gasteiger partial charge in [0.15, 0.2) is 9.84 Å². The molecule has 1 fully saturated rings. The molecule has 1 atom stereocenters. The summed E-state index contributed by atoms with van der Waals surface area (Å²) in [5.41, 5.74) is 5.77. The lowest BCUT2D eigenvalue weighted by molar-refractivity contribution is 0.541. The fraction of sp³-hybridized carbons (Fsp3) is 0.500. The van der Waals surface area contributed by atoms with Crippen molar-refractivity contribution in [3.8, 4) is 0 Å². The number of hydrogen-bond donors (Lipinski definition) is 2. The van der Waals surface area contributed by atoms with Gasteiger partial charge in [-0.1, -0.05) is 6.07 Å². The third kappa shape index (κ3) is 4.00. The number of nitrogens with one attached hydrogen (secondary N) is 1. The van der Waals surface area contributed by atoms with E-state index in [1.165, 1.54) is 6.07 Å². The Morgan fingerprint density at radius 3 is 2.67 bits per heavy atom. The fourth-order valence-corrected chi connectivity index (χ4v) is 5.52. The molecule has 118 valence electrons. The molecule has 21 heavy (non-hydrogen) atoms. The van der Waals surface area contributed by atoms with Gasteiger partial charge in [0.2, 0.25) is 10.0 Å². The summed E-state index contributed by atoms with van der Waals surface area (Å²) in [6.45, 7) is -0.0174. The number of nitrogens with two attached hydrogens (primary N) is 1. The Hall–Kier alpha value is -1.03. The van der Waals surface area contributed by atoms with Crippen molar-refractivity contribution in [2.24, 2.45) is 11.7 Å². The van der Waals surface area contributed by atoms with Gasteiger partial charge in [0.1, 0.15) is 5.82 Å². The lowest BCUT2D eigenvalue weighted by Crippen LogP contribution is -2.31. The molecular weight excluding hydrogens is 319 g/mol. The molecule has 0 aliphatic carbocycles. The quantitative estimate of drug-likeness (QED) is 0.787. The third-order valence-electron chi connectivity index (χ3n) is 3.43. The third-order valence-corrected chi connectivity index (χ3v) is 6.77. The van der Waals surface area contributed by atoms with Crippen LogP contribution in [0.1, 0.15) is 12.0 Å². The second kappa shape index (κ2) is 5.99. The van der Waals surface area contributed by atoms with Gasteiger partial charge in [-0.2, -0.15) is 0 Å². The number of benzene rings is 1. The number of rotatable bonds is 5. The van der Waals surface area contributed by atoms with Gasteiger partial charge >= 0.3 is 0 Å². The molecule has 0 spiro atoms. The fourth-order valence-electron chi connectivity index (χ4n) is 2.29. The van der Waals surface area contributed by atoms with Crippen LogP contribution in [0.4, 0.5) is 4.39 Å². The summed E-state index contributed by atoms with van der Waals surface area (Å²) < 4.78 is 62.7. The van der Waals surface area contributed by atoms with Gasteiger partial charge in [0, 0.05) is 13.1 Å². The predicted octanol–water partition coefficient (Wildman–Crippen LogP) is -0.00260. The zero-order valence-corrected chi connectivity index (χ0v) is 12.9. The average molecular weight is 336 g/mol. The maximum Gasteiger partial charge on any atom is 0.241 e. The van der Waals surface area contributed by atoms with Crippen LogP contribution in [0.2, 0.25) is 0 Å². The number of hydrogen-bond acceptors (Lipinski definition) is 5. The summed E-state index contributed by atoms with van der Waals surface area (Å²) in [5, 5.41) is 0. The molecule has 1 aromatic carbocycles. The van der Waals surface area contributed by atoms with E-state index in [2.05, 4.69) is 4.72 Å². The Morgan fingerprint density at radius 2 is 2.10 bits per heavy atom. The minimum Gasteiger partial charge on any atom is -0.326 e. The molecule has 0 aromatic heterocycles. The molecule has 1 aliphatic rings. The highest BCUT2D eigenvalue weighted by molar-refractivity contribution is 7.91. The monoisotopic (exact) mass is 336 g/mol. The molecule has 0 amide bonds. The van der Waals surface area contributed by atoms with Gasteiger partial charge in [0.25, 0.3) is 0 Å². The molecule has 1 aromatic rings. The second-order valence-electron chi connectivity index (χ2n) is 5.08. The molecule has 3 N–H and O–H groups in total. The van der Waals surface area contributed by atoms with E-state index in [1.807, 2.05) is 0 Å². The first-order valence-electron chi connectivity index (χ1n) is 6.42. The molecule has 9 heteroatoms. The highest BCUT2D eigenvalue weighted by Gasteiger charge is 2.29. The molecular formula is C12H17FN2O4S2. The van der Waals surface area contributed by atoms with Crippen LogP contribution in [0.15, 0.2) is 23.1 Å². The van der Waals surface area contributed by atoms with Crippen molar-refractivity contribution in [3.63, 3.8) is 0 Å². The Kier molecular flexibility index (Phi) is 4.66. The summed E-state index contributed by atoms with van der Waals surface area (Å²) >= 11 is 0. The van der Waals surface area contributed by atoms with E-state index in [4.69, 9.17) is 5.73 Å². The number of sulfonamides is 1. The van der Waals surface area contributed by atoms with Gasteiger partial charge in [-0.15, -0.1) is 0 Å². The van der Waals surface area contributed by atoms with Crippen LogP contribution in [-0.2, 0) is 26.4 Å². The maximum atomic E-state index is 13.2.